The van der Waals surface area contributed by atoms with Crippen LogP contribution in [0.2, 0.25) is 0 Å². The molecule has 4 nitrogen and oxygen atoms in total. The van der Waals surface area contributed by atoms with Crippen LogP contribution in [0.25, 0.3) is 11.1 Å². The van der Waals surface area contributed by atoms with Gasteiger partial charge in [-0.3, -0.25) is 4.79 Å². The summed E-state index contributed by atoms with van der Waals surface area (Å²) in [5.41, 5.74) is 2.95. The Morgan fingerprint density at radius 2 is 1.77 bits per heavy atom. The normalized spacial score (nSPS) is 11.8. The highest BCUT2D eigenvalue weighted by atomic mass is 16.5. The van der Waals surface area contributed by atoms with Crippen LogP contribution in [0, 0.1) is 5.92 Å². The molecular formula is C18H20O4. The molecule has 0 aliphatic rings. The summed E-state index contributed by atoms with van der Waals surface area (Å²) in [5, 5.41) is 8.97. The molecule has 22 heavy (non-hydrogen) atoms. The highest BCUT2D eigenvalue weighted by Crippen LogP contribution is 2.37. The number of methoxy groups -OCH3 is 2. The van der Waals surface area contributed by atoms with E-state index in [2.05, 4.69) is 0 Å². The lowest BCUT2D eigenvalue weighted by molar-refractivity contribution is -0.141. The van der Waals surface area contributed by atoms with Crippen molar-refractivity contribution in [1.82, 2.24) is 0 Å². The van der Waals surface area contributed by atoms with Gasteiger partial charge in [-0.1, -0.05) is 43.3 Å². The lowest BCUT2D eigenvalue weighted by Crippen LogP contribution is -2.12. The number of carboxylic acids is 1. The highest BCUT2D eigenvalue weighted by Gasteiger charge is 2.13. The molecule has 1 N–H and O–H groups in total. The van der Waals surface area contributed by atoms with Gasteiger partial charge in [0, 0.05) is 5.56 Å². The Kier molecular flexibility index (Phi) is 5.04. The number of carboxylic acid groups (broad SMARTS) is 1. The van der Waals surface area contributed by atoms with Crippen molar-refractivity contribution in [3.63, 3.8) is 0 Å². The van der Waals surface area contributed by atoms with Gasteiger partial charge >= 0.3 is 5.97 Å². The molecule has 0 heterocycles. The average Bonchev–Trinajstić information content (AvgIpc) is 2.54. The highest BCUT2D eigenvalue weighted by molar-refractivity contribution is 5.74. The monoisotopic (exact) mass is 300 g/mol. The summed E-state index contributed by atoms with van der Waals surface area (Å²) in [4.78, 5) is 10.9. The summed E-state index contributed by atoms with van der Waals surface area (Å²) < 4.78 is 10.8. The molecule has 0 amide bonds. The summed E-state index contributed by atoms with van der Waals surface area (Å²) >= 11 is 0. The zero-order chi connectivity index (χ0) is 16.1. The van der Waals surface area contributed by atoms with Crippen molar-refractivity contribution in [1.29, 1.82) is 0 Å². The van der Waals surface area contributed by atoms with Gasteiger partial charge in [0.1, 0.15) is 0 Å². The SMILES string of the molecule is COc1cccc(-c2ccc(CC(C)C(=O)O)cc2)c1OC. The third-order valence-corrected chi connectivity index (χ3v) is 3.63. The Balaban J connectivity index is 2.29. The molecule has 0 radical (unpaired) electrons. The molecule has 0 aromatic heterocycles. The molecule has 2 rings (SSSR count). The van der Waals surface area contributed by atoms with E-state index in [-0.39, 0.29) is 0 Å². The van der Waals surface area contributed by atoms with Gasteiger partial charge in [0.2, 0.25) is 0 Å². The fourth-order valence-electron chi connectivity index (χ4n) is 2.38. The smallest absolute Gasteiger partial charge is 0.306 e. The summed E-state index contributed by atoms with van der Waals surface area (Å²) in [7, 11) is 3.22. The second-order valence-electron chi connectivity index (χ2n) is 5.18. The van der Waals surface area contributed by atoms with Gasteiger partial charge in [0.05, 0.1) is 20.1 Å². The number of hydrogen-bond acceptors (Lipinski definition) is 3. The topological polar surface area (TPSA) is 55.8 Å². The van der Waals surface area contributed by atoms with Crippen molar-refractivity contribution in [2.45, 2.75) is 13.3 Å². The Labute approximate surface area is 130 Å². The number of ether oxygens (including phenoxy) is 2. The first-order valence-corrected chi connectivity index (χ1v) is 7.10. The molecular weight excluding hydrogens is 280 g/mol. The largest absolute Gasteiger partial charge is 0.493 e. The fourth-order valence-corrected chi connectivity index (χ4v) is 2.38. The molecule has 2 aromatic rings. The van der Waals surface area contributed by atoms with E-state index < -0.39 is 11.9 Å². The van der Waals surface area contributed by atoms with E-state index in [9.17, 15) is 4.79 Å². The molecule has 0 aliphatic carbocycles. The lowest BCUT2D eigenvalue weighted by Gasteiger charge is -2.13. The van der Waals surface area contributed by atoms with Crippen LogP contribution in [0.3, 0.4) is 0 Å². The number of rotatable bonds is 6. The van der Waals surface area contributed by atoms with Crippen LogP contribution < -0.4 is 9.47 Å². The number of aliphatic carboxylic acids is 1. The second-order valence-corrected chi connectivity index (χ2v) is 5.18. The summed E-state index contributed by atoms with van der Waals surface area (Å²) in [5.74, 6) is 0.205. The van der Waals surface area contributed by atoms with E-state index >= 15 is 0 Å². The first-order chi connectivity index (χ1) is 10.6. The second kappa shape index (κ2) is 6.98. The van der Waals surface area contributed by atoms with Crippen molar-refractivity contribution in [3.05, 3.63) is 48.0 Å². The Bertz CT molecular complexity index is 647. The molecule has 0 bridgehead atoms. The third kappa shape index (κ3) is 3.39. The van der Waals surface area contributed by atoms with Crippen LogP contribution in [0.15, 0.2) is 42.5 Å². The minimum Gasteiger partial charge on any atom is -0.493 e. The van der Waals surface area contributed by atoms with E-state index in [0.29, 0.717) is 17.9 Å². The molecule has 4 heteroatoms. The number of benzene rings is 2. The fraction of sp³-hybridized carbons (Fsp3) is 0.278. The van der Waals surface area contributed by atoms with Crippen LogP contribution in [0.1, 0.15) is 12.5 Å². The predicted octanol–water partition coefficient (Wildman–Crippen LogP) is 3.63. The summed E-state index contributed by atoms with van der Waals surface area (Å²) in [6.45, 7) is 1.71. The summed E-state index contributed by atoms with van der Waals surface area (Å²) in [6, 6.07) is 13.6. The first-order valence-electron chi connectivity index (χ1n) is 7.10. The number of hydrogen-bond donors (Lipinski definition) is 1. The zero-order valence-electron chi connectivity index (χ0n) is 13.0. The maximum absolute atomic E-state index is 10.9. The van der Waals surface area contributed by atoms with E-state index in [1.54, 1.807) is 21.1 Å². The molecule has 116 valence electrons. The van der Waals surface area contributed by atoms with Crippen LogP contribution in [-0.4, -0.2) is 25.3 Å². The summed E-state index contributed by atoms with van der Waals surface area (Å²) in [6.07, 6.45) is 0.519. The van der Waals surface area contributed by atoms with Crippen molar-refractivity contribution in [2.24, 2.45) is 5.92 Å². The van der Waals surface area contributed by atoms with E-state index in [1.165, 1.54) is 0 Å². The van der Waals surface area contributed by atoms with E-state index in [0.717, 1.165) is 16.7 Å². The van der Waals surface area contributed by atoms with Gasteiger partial charge in [0.25, 0.3) is 0 Å². The van der Waals surface area contributed by atoms with Crippen LogP contribution in [0.5, 0.6) is 11.5 Å². The molecule has 2 aromatic carbocycles. The minimum absolute atomic E-state index is 0.391. The van der Waals surface area contributed by atoms with Gasteiger partial charge in [-0.05, 0) is 23.6 Å². The molecule has 0 saturated carbocycles. The lowest BCUT2D eigenvalue weighted by atomic mass is 9.98. The maximum Gasteiger partial charge on any atom is 0.306 e. The molecule has 0 fully saturated rings. The minimum atomic E-state index is -0.779. The molecule has 1 unspecified atom stereocenters. The zero-order valence-corrected chi connectivity index (χ0v) is 13.0. The maximum atomic E-state index is 10.9. The van der Waals surface area contributed by atoms with Crippen molar-refractivity contribution < 1.29 is 19.4 Å². The van der Waals surface area contributed by atoms with Crippen LogP contribution >= 0.6 is 0 Å². The molecule has 0 spiro atoms. The van der Waals surface area contributed by atoms with Crippen molar-refractivity contribution in [2.75, 3.05) is 14.2 Å². The van der Waals surface area contributed by atoms with Crippen molar-refractivity contribution in [3.8, 4) is 22.6 Å². The third-order valence-electron chi connectivity index (χ3n) is 3.63. The number of para-hydroxylation sites is 1. The van der Waals surface area contributed by atoms with Crippen LogP contribution in [0.4, 0.5) is 0 Å². The first kappa shape index (κ1) is 15.9. The molecule has 1 atom stereocenters. The number of carbonyl (C=O) groups is 1. The van der Waals surface area contributed by atoms with Gasteiger partial charge in [-0.15, -0.1) is 0 Å². The van der Waals surface area contributed by atoms with Crippen molar-refractivity contribution >= 4 is 5.97 Å². The van der Waals surface area contributed by atoms with Gasteiger partial charge in [-0.25, -0.2) is 0 Å². The van der Waals surface area contributed by atoms with E-state index in [1.807, 2.05) is 42.5 Å². The Morgan fingerprint density at radius 1 is 1.09 bits per heavy atom. The predicted molar refractivity (Wildman–Crippen MR) is 85.5 cm³/mol. The van der Waals surface area contributed by atoms with Gasteiger partial charge in [0.15, 0.2) is 11.5 Å². The van der Waals surface area contributed by atoms with E-state index in [4.69, 9.17) is 14.6 Å². The van der Waals surface area contributed by atoms with Crippen LogP contribution in [-0.2, 0) is 11.2 Å². The molecule has 0 saturated heterocycles. The average molecular weight is 300 g/mol. The standard InChI is InChI=1S/C18H20O4/c1-12(18(19)20)11-13-7-9-14(10-8-13)15-5-4-6-16(21-2)17(15)22-3/h4-10,12H,11H2,1-3H3,(H,19,20). The van der Waals surface area contributed by atoms with Gasteiger partial charge in [-0.2, -0.15) is 0 Å². The van der Waals surface area contributed by atoms with Gasteiger partial charge < -0.3 is 14.6 Å². The Hall–Kier alpha value is -2.49. The Morgan fingerprint density at radius 3 is 2.32 bits per heavy atom. The molecule has 0 aliphatic heterocycles. The quantitative estimate of drug-likeness (QED) is 0.885.